The minimum absolute atomic E-state index is 0.0278. The lowest BCUT2D eigenvalue weighted by Gasteiger charge is -2.44. The average Bonchev–Trinajstić information content (AvgIpc) is 3.25. The van der Waals surface area contributed by atoms with Crippen LogP contribution in [0.25, 0.3) is 17.0 Å². The maximum absolute atomic E-state index is 13.1. The van der Waals surface area contributed by atoms with Gasteiger partial charge in [-0.3, -0.25) is 4.40 Å². The lowest BCUT2D eigenvalue weighted by molar-refractivity contribution is 0.151. The van der Waals surface area contributed by atoms with E-state index in [2.05, 4.69) is 15.6 Å². The van der Waals surface area contributed by atoms with Gasteiger partial charge in [-0.2, -0.15) is 0 Å². The first-order valence-electron chi connectivity index (χ1n) is 9.39. The van der Waals surface area contributed by atoms with Gasteiger partial charge in [-0.25, -0.2) is 18.7 Å². The van der Waals surface area contributed by atoms with Gasteiger partial charge < -0.3 is 10.6 Å². The number of aromatic nitrogens is 3. The van der Waals surface area contributed by atoms with Crippen molar-refractivity contribution < 1.29 is 8.78 Å². The number of rotatable bonds is 4. The third kappa shape index (κ3) is 2.77. The highest BCUT2D eigenvalue weighted by atomic mass is 19.3. The second-order valence-electron chi connectivity index (χ2n) is 7.46. The molecule has 3 aromatic rings. The smallest absolute Gasteiger partial charge is 0.265 e. The van der Waals surface area contributed by atoms with Crippen LogP contribution in [-0.2, 0) is 0 Å². The molecule has 1 aliphatic carbocycles. The monoisotopic (exact) mass is 369 g/mol. The highest BCUT2D eigenvalue weighted by Crippen LogP contribution is 2.40. The fraction of sp³-hybridized carbons (Fsp3) is 0.400. The zero-order valence-corrected chi connectivity index (χ0v) is 14.8. The second-order valence-corrected chi connectivity index (χ2v) is 7.46. The number of fused-ring (bicyclic) bond motifs is 1. The molecular formula is C20H21F2N5. The molecule has 3 aromatic heterocycles. The van der Waals surface area contributed by atoms with E-state index in [9.17, 15) is 8.78 Å². The molecule has 7 heteroatoms. The Kier molecular flexibility index (Phi) is 3.86. The SMILES string of the molecule is FC(F)c1ccc2ncc(-c3cccc(NC4CCNC45CCC5)n3)n2c1. The molecule has 1 atom stereocenters. The number of alkyl halides is 2. The molecule has 5 nitrogen and oxygen atoms in total. The Morgan fingerprint density at radius 3 is 2.89 bits per heavy atom. The molecule has 4 heterocycles. The number of pyridine rings is 2. The van der Waals surface area contributed by atoms with Gasteiger partial charge in [0, 0.05) is 23.3 Å². The molecule has 27 heavy (non-hydrogen) atoms. The van der Waals surface area contributed by atoms with Crippen LogP contribution >= 0.6 is 0 Å². The van der Waals surface area contributed by atoms with Crippen molar-refractivity contribution >= 4 is 11.5 Å². The van der Waals surface area contributed by atoms with Gasteiger partial charge in [0.2, 0.25) is 0 Å². The van der Waals surface area contributed by atoms with E-state index in [-0.39, 0.29) is 11.1 Å². The van der Waals surface area contributed by atoms with Gasteiger partial charge in [0.25, 0.3) is 6.43 Å². The first-order chi connectivity index (χ1) is 13.1. The van der Waals surface area contributed by atoms with E-state index >= 15 is 0 Å². The molecule has 0 bridgehead atoms. The number of nitrogens with zero attached hydrogens (tertiary/aromatic N) is 3. The summed E-state index contributed by atoms with van der Waals surface area (Å²) in [4.78, 5) is 9.06. The van der Waals surface area contributed by atoms with E-state index in [0.29, 0.717) is 23.1 Å². The Bertz CT molecular complexity index is 979. The van der Waals surface area contributed by atoms with Crippen molar-refractivity contribution in [1.29, 1.82) is 0 Å². The molecule has 1 saturated carbocycles. The summed E-state index contributed by atoms with van der Waals surface area (Å²) in [6.45, 7) is 1.03. The van der Waals surface area contributed by atoms with E-state index in [4.69, 9.17) is 4.98 Å². The number of imidazole rings is 1. The van der Waals surface area contributed by atoms with Crippen LogP contribution in [0.2, 0.25) is 0 Å². The summed E-state index contributed by atoms with van der Waals surface area (Å²) in [7, 11) is 0. The summed E-state index contributed by atoms with van der Waals surface area (Å²) in [5, 5.41) is 7.24. The maximum atomic E-state index is 13.1. The fourth-order valence-corrected chi connectivity index (χ4v) is 4.31. The normalized spacial score (nSPS) is 21.1. The summed E-state index contributed by atoms with van der Waals surface area (Å²) in [6.07, 6.45) is 5.36. The van der Waals surface area contributed by atoms with Crippen molar-refractivity contribution in [3.05, 3.63) is 48.3 Å². The van der Waals surface area contributed by atoms with Crippen molar-refractivity contribution in [2.24, 2.45) is 0 Å². The third-order valence-corrected chi connectivity index (χ3v) is 5.94. The Balaban J connectivity index is 1.47. The van der Waals surface area contributed by atoms with Crippen LogP contribution < -0.4 is 10.6 Å². The molecule has 2 fully saturated rings. The van der Waals surface area contributed by atoms with Crippen LogP contribution in [0.3, 0.4) is 0 Å². The zero-order valence-electron chi connectivity index (χ0n) is 14.8. The van der Waals surface area contributed by atoms with E-state index in [0.717, 1.165) is 18.8 Å². The molecule has 5 rings (SSSR count). The average molecular weight is 369 g/mol. The molecule has 2 aliphatic rings. The molecule has 1 unspecified atom stereocenters. The van der Waals surface area contributed by atoms with Crippen LogP contribution in [-0.4, -0.2) is 32.5 Å². The highest BCUT2D eigenvalue weighted by molar-refractivity contribution is 5.62. The predicted octanol–water partition coefficient (Wildman–Crippen LogP) is 4.03. The van der Waals surface area contributed by atoms with Crippen LogP contribution in [0, 0.1) is 0 Å². The Hall–Kier alpha value is -2.54. The summed E-state index contributed by atoms with van der Waals surface area (Å²) >= 11 is 0. The van der Waals surface area contributed by atoms with Crippen molar-refractivity contribution in [2.45, 2.75) is 43.7 Å². The highest BCUT2D eigenvalue weighted by Gasteiger charge is 2.47. The Morgan fingerprint density at radius 2 is 2.11 bits per heavy atom. The molecule has 140 valence electrons. The number of hydrogen-bond donors (Lipinski definition) is 2. The fourth-order valence-electron chi connectivity index (χ4n) is 4.31. The number of nitrogens with one attached hydrogen (secondary N) is 2. The quantitative estimate of drug-likeness (QED) is 0.729. The standard InChI is InChI=1S/C20H21F2N5/c21-19(22)13-5-6-18-23-11-15(27(18)12-13)14-3-1-4-17(25-14)26-16-7-10-24-20(16)8-2-9-20/h1,3-6,11-12,16,19,24H,2,7-10H2,(H,25,26). The van der Waals surface area contributed by atoms with Crippen molar-refractivity contribution in [2.75, 3.05) is 11.9 Å². The molecule has 1 saturated heterocycles. The van der Waals surface area contributed by atoms with Crippen LogP contribution in [0.4, 0.5) is 14.6 Å². The topological polar surface area (TPSA) is 54.2 Å². The van der Waals surface area contributed by atoms with Gasteiger partial charge in [-0.05, 0) is 56.5 Å². The lowest BCUT2D eigenvalue weighted by Crippen LogP contribution is -2.55. The zero-order chi connectivity index (χ0) is 18.4. The minimum atomic E-state index is -2.51. The van der Waals surface area contributed by atoms with Crippen molar-refractivity contribution in [3.63, 3.8) is 0 Å². The predicted molar refractivity (Wildman–Crippen MR) is 100.0 cm³/mol. The molecule has 0 aromatic carbocycles. The molecule has 0 radical (unpaired) electrons. The number of hydrogen-bond acceptors (Lipinski definition) is 4. The summed E-state index contributed by atoms with van der Waals surface area (Å²) < 4.78 is 27.8. The number of halogens is 2. The molecule has 0 amide bonds. The van der Waals surface area contributed by atoms with Gasteiger partial charge >= 0.3 is 0 Å². The van der Waals surface area contributed by atoms with Crippen LogP contribution in [0.15, 0.2) is 42.7 Å². The van der Waals surface area contributed by atoms with Crippen LogP contribution in [0.1, 0.15) is 37.7 Å². The maximum Gasteiger partial charge on any atom is 0.265 e. The molecule has 2 N–H and O–H groups in total. The molecule has 1 aliphatic heterocycles. The summed E-state index contributed by atoms with van der Waals surface area (Å²) in [5.74, 6) is 0.812. The summed E-state index contributed by atoms with van der Waals surface area (Å²) in [6, 6.07) is 9.18. The largest absolute Gasteiger partial charge is 0.365 e. The Morgan fingerprint density at radius 1 is 1.22 bits per heavy atom. The third-order valence-electron chi connectivity index (χ3n) is 5.94. The molecule has 1 spiro atoms. The van der Waals surface area contributed by atoms with E-state index in [1.165, 1.54) is 31.5 Å². The van der Waals surface area contributed by atoms with Crippen molar-refractivity contribution in [1.82, 2.24) is 19.7 Å². The minimum Gasteiger partial charge on any atom is -0.365 e. The van der Waals surface area contributed by atoms with Gasteiger partial charge in [0.05, 0.1) is 17.6 Å². The van der Waals surface area contributed by atoms with Gasteiger partial charge in [-0.1, -0.05) is 6.07 Å². The van der Waals surface area contributed by atoms with Gasteiger partial charge in [-0.15, -0.1) is 0 Å². The molecular weight excluding hydrogens is 348 g/mol. The number of anilines is 1. The van der Waals surface area contributed by atoms with E-state index in [1.54, 1.807) is 16.7 Å². The van der Waals surface area contributed by atoms with Crippen molar-refractivity contribution in [3.8, 4) is 11.4 Å². The lowest BCUT2D eigenvalue weighted by atomic mass is 9.73. The first kappa shape index (κ1) is 16.6. The first-order valence-corrected chi connectivity index (χ1v) is 9.39. The second kappa shape index (κ2) is 6.27. The van der Waals surface area contributed by atoms with E-state index in [1.807, 2.05) is 18.2 Å². The van der Waals surface area contributed by atoms with Gasteiger partial charge in [0.15, 0.2) is 0 Å². The van der Waals surface area contributed by atoms with Crippen LogP contribution in [0.5, 0.6) is 0 Å². The van der Waals surface area contributed by atoms with Gasteiger partial charge in [0.1, 0.15) is 11.5 Å². The Labute approximate surface area is 155 Å². The van der Waals surface area contributed by atoms with E-state index < -0.39 is 6.43 Å². The summed E-state index contributed by atoms with van der Waals surface area (Å²) in [5.41, 5.74) is 2.24.